The molecule has 0 rings (SSSR count). The van der Waals surface area contributed by atoms with Crippen molar-refractivity contribution in [2.24, 2.45) is 0 Å². The summed E-state index contributed by atoms with van der Waals surface area (Å²) in [5.74, 6) is -0.0940. The maximum Gasteiger partial charge on any atom is 0.305 e. The Morgan fingerprint density at radius 2 is 1.60 bits per heavy atom. The van der Waals surface area contributed by atoms with Gasteiger partial charge in [-0.05, 0) is 18.6 Å². The highest BCUT2D eigenvalue weighted by Gasteiger charge is 1.96. The molecule has 0 atom stereocenters. The van der Waals surface area contributed by atoms with E-state index in [9.17, 15) is 4.79 Å². The lowest BCUT2D eigenvalue weighted by Gasteiger charge is -1.95. The number of hydrogen-bond acceptors (Lipinski definition) is 4. The molecule has 0 aliphatic carbocycles. The number of hydrogen-bond donors (Lipinski definition) is 0. The molecule has 0 bridgehead atoms. The third-order valence-corrected chi connectivity index (χ3v) is 1.21. The molecule has 0 fully saturated rings. The Bertz CT molecular complexity index is 192. The first-order chi connectivity index (χ1) is 7.14. The lowest BCUT2D eigenvalue weighted by molar-refractivity contribution is -0.140. The second-order valence-corrected chi connectivity index (χ2v) is 2.22. The Morgan fingerprint density at radius 1 is 1.20 bits per heavy atom. The van der Waals surface area contributed by atoms with Crippen molar-refractivity contribution in [2.75, 3.05) is 7.11 Å². The van der Waals surface area contributed by atoms with Crippen LogP contribution in [0.4, 0.5) is 0 Å². The molecule has 6 heteroatoms. The van der Waals surface area contributed by atoms with E-state index < -0.39 is 0 Å². The molecule has 0 heterocycles. The summed E-state index contributed by atoms with van der Waals surface area (Å²) in [6, 6.07) is 0. The molecule has 0 saturated carbocycles. The number of carbonyl (C=O) groups excluding carboxylic acids is 3. The topological polar surface area (TPSA) is 105 Å². The van der Waals surface area contributed by atoms with Crippen molar-refractivity contribution in [3.63, 3.8) is 0 Å². The van der Waals surface area contributed by atoms with Crippen LogP contribution in [0.2, 0.25) is 0 Å². The predicted octanol–water partition coefficient (Wildman–Crippen LogP) is 1.52. The third kappa shape index (κ3) is 46.8. The molecule has 0 aliphatic rings. The van der Waals surface area contributed by atoms with Crippen LogP contribution in [0.5, 0.6) is 0 Å². The van der Waals surface area contributed by atoms with Crippen LogP contribution in [-0.4, -0.2) is 25.2 Å². The van der Waals surface area contributed by atoms with Crippen LogP contribution < -0.4 is 0 Å². The highest BCUT2D eigenvalue weighted by Crippen LogP contribution is 1.98. The minimum Gasteiger partial charge on any atom is -0.724 e. The summed E-state index contributed by atoms with van der Waals surface area (Å²) >= 11 is 0. The summed E-state index contributed by atoms with van der Waals surface area (Å²) in [7, 11) is 1.42. The van der Waals surface area contributed by atoms with E-state index >= 15 is 0 Å². The lowest BCUT2D eigenvalue weighted by atomic mass is 10.2. The van der Waals surface area contributed by atoms with Gasteiger partial charge in [0.1, 0.15) is 0 Å². The van der Waals surface area contributed by atoms with Crippen LogP contribution in [0.1, 0.15) is 32.6 Å². The van der Waals surface area contributed by atoms with Crippen molar-refractivity contribution in [3.05, 3.63) is 10.8 Å². The minimum atomic E-state index is -0.0940. The SMILES string of the molecule is CCCCCC(=O)OC.[N-]=C=O.[N-]=C=O. The zero-order chi connectivity index (χ0) is 12.5. The summed E-state index contributed by atoms with van der Waals surface area (Å²) in [5, 5.41) is 13.5. The zero-order valence-electron chi connectivity index (χ0n) is 8.86. The van der Waals surface area contributed by atoms with Gasteiger partial charge in [-0.3, -0.25) is 14.4 Å². The number of esters is 1. The fraction of sp³-hybridized carbons (Fsp3) is 0.667. The van der Waals surface area contributed by atoms with Crippen LogP contribution in [0.3, 0.4) is 0 Å². The van der Waals surface area contributed by atoms with Gasteiger partial charge in [-0.2, -0.15) is 0 Å². The Kier molecular flexibility index (Phi) is 28.7. The van der Waals surface area contributed by atoms with E-state index in [0.29, 0.717) is 18.6 Å². The van der Waals surface area contributed by atoms with E-state index in [0.717, 1.165) is 19.3 Å². The first-order valence-electron chi connectivity index (χ1n) is 4.23. The molecular weight excluding hydrogens is 200 g/mol. The summed E-state index contributed by atoms with van der Waals surface area (Å²) < 4.78 is 4.46. The fourth-order valence-electron chi connectivity index (χ4n) is 0.621. The normalized spacial score (nSPS) is 6.53. The van der Waals surface area contributed by atoms with Crippen LogP contribution >= 0.6 is 0 Å². The highest BCUT2D eigenvalue weighted by molar-refractivity contribution is 5.68. The number of carbonyl (C=O) groups is 1. The molecule has 0 aromatic heterocycles. The van der Waals surface area contributed by atoms with Crippen molar-refractivity contribution in [3.8, 4) is 0 Å². The van der Waals surface area contributed by atoms with Gasteiger partial charge in [0, 0.05) is 6.42 Å². The Morgan fingerprint density at radius 3 is 1.87 bits per heavy atom. The number of unbranched alkanes of at least 4 members (excludes halogenated alkanes) is 2. The van der Waals surface area contributed by atoms with Crippen molar-refractivity contribution in [1.29, 1.82) is 0 Å². The van der Waals surface area contributed by atoms with E-state index in [4.69, 9.17) is 20.4 Å². The molecule has 0 amide bonds. The second kappa shape index (κ2) is 22.8. The molecule has 0 spiro atoms. The minimum absolute atomic E-state index is 0.0940. The van der Waals surface area contributed by atoms with E-state index in [2.05, 4.69) is 11.7 Å². The molecule has 86 valence electrons. The number of rotatable bonds is 4. The first-order valence-corrected chi connectivity index (χ1v) is 4.23. The van der Waals surface area contributed by atoms with Crippen molar-refractivity contribution in [1.82, 2.24) is 0 Å². The monoisotopic (exact) mass is 214 g/mol. The van der Waals surface area contributed by atoms with Gasteiger partial charge in [0.2, 0.25) is 0 Å². The molecule has 0 N–H and O–H groups in total. The summed E-state index contributed by atoms with van der Waals surface area (Å²) in [6.07, 6.45) is 4.81. The van der Waals surface area contributed by atoms with Crippen molar-refractivity contribution >= 4 is 18.1 Å². The number of nitrogens with zero attached hydrogens (tertiary/aromatic N) is 2. The van der Waals surface area contributed by atoms with Gasteiger partial charge in [-0.1, -0.05) is 19.8 Å². The summed E-state index contributed by atoms with van der Waals surface area (Å²) in [4.78, 5) is 26.9. The number of methoxy groups -OCH3 is 1. The van der Waals surface area contributed by atoms with Gasteiger partial charge in [0.05, 0.1) is 7.11 Å². The smallest absolute Gasteiger partial charge is 0.305 e. The fourth-order valence-corrected chi connectivity index (χ4v) is 0.621. The summed E-state index contributed by atoms with van der Waals surface area (Å²) in [6.45, 7) is 2.11. The van der Waals surface area contributed by atoms with Gasteiger partial charge in [-0.25, -0.2) is 0 Å². The van der Waals surface area contributed by atoms with Crippen molar-refractivity contribution < 1.29 is 19.1 Å². The average Bonchev–Trinajstić information content (AvgIpc) is 2.20. The first kappa shape index (κ1) is 18.9. The van der Waals surface area contributed by atoms with E-state index in [1.807, 2.05) is 0 Å². The van der Waals surface area contributed by atoms with E-state index in [-0.39, 0.29) is 5.97 Å². The van der Waals surface area contributed by atoms with Gasteiger partial charge < -0.3 is 15.6 Å². The molecule has 0 unspecified atom stereocenters. The van der Waals surface area contributed by atoms with Gasteiger partial charge in [0.15, 0.2) is 0 Å². The Labute approximate surface area is 88.6 Å². The molecule has 0 aromatic rings. The standard InChI is InChI=1S/C7H14O2.2CNO/c1-3-4-5-6-7(8)9-2;2*2-1-3/h3-6H2,1-2H3;;/q;2*-1. The maximum atomic E-state index is 10.5. The van der Waals surface area contributed by atoms with Gasteiger partial charge in [0.25, 0.3) is 0 Å². The van der Waals surface area contributed by atoms with E-state index in [1.54, 1.807) is 0 Å². The van der Waals surface area contributed by atoms with Crippen LogP contribution in [0, 0.1) is 0 Å². The van der Waals surface area contributed by atoms with Crippen molar-refractivity contribution in [2.45, 2.75) is 32.6 Å². The maximum absolute atomic E-state index is 10.5. The Hall–Kier alpha value is -1.77. The molecule has 0 saturated heterocycles. The molecule has 0 radical (unpaired) electrons. The van der Waals surface area contributed by atoms with Gasteiger partial charge in [-0.15, -0.1) is 0 Å². The lowest BCUT2D eigenvalue weighted by Crippen LogP contribution is -1.98. The third-order valence-electron chi connectivity index (χ3n) is 1.21. The van der Waals surface area contributed by atoms with E-state index in [1.165, 1.54) is 7.11 Å². The second-order valence-electron chi connectivity index (χ2n) is 2.22. The molecular formula is C9H14N2O4-2. The number of ether oxygens (including phenoxy) is 1. The van der Waals surface area contributed by atoms with Gasteiger partial charge >= 0.3 is 5.97 Å². The number of isocyanates is 2. The largest absolute Gasteiger partial charge is 0.724 e. The molecule has 15 heavy (non-hydrogen) atoms. The Balaban J connectivity index is -0.000000200. The summed E-state index contributed by atoms with van der Waals surface area (Å²) in [5.41, 5.74) is 0. The molecule has 0 aliphatic heterocycles. The quantitative estimate of drug-likeness (QED) is 0.306. The predicted molar refractivity (Wildman–Crippen MR) is 54.3 cm³/mol. The molecule has 0 aromatic carbocycles. The average molecular weight is 214 g/mol. The van der Waals surface area contributed by atoms with Crippen LogP contribution in [0.25, 0.3) is 10.8 Å². The zero-order valence-corrected chi connectivity index (χ0v) is 8.86. The molecule has 6 nitrogen and oxygen atoms in total. The van der Waals surface area contributed by atoms with Crippen LogP contribution in [0.15, 0.2) is 0 Å². The van der Waals surface area contributed by atoms with Crippen LogP contribution in [-0.2, 0) is 19.1 Å². The highest BCUT2D eigenvalue weighted by atomic mass is 16.5.